The Morgan fingerprint density at radius 1 is 1.03 bits per heavy atom. The summed E-state index contributed by atoms with van der Waals surface area (Å²) in [5.74, 6) is -0.931. The fraction of sp³-hybridized carbons (Fsp3) is 0.105. The third-order valence-electron chi connectivity index (χ3n) is 3.65. The molecule has 2 aromatic carbocycles. The number of hydrogen-bond acceptors (Lipinski definition) is 5. The first-order valence-corrected chi connectivity index (χ1v) is 9.77. The number of aromatic nitrogens is 1. The van der Waals surface area contributed by atoms with Crippen molar-refractivity contribution in [2.45, 2.75) is 13.3 Å². The van der Waals surface area contributed by atoms with E-state index in [9.17, 15) is 22.8 Å². The smallest absolute Gasteiger partial charge is 0.406 e. The van der Waals surface area contributed by atoms with E-state index >= 15 is 0 Å². The van der Waals surface area contributed by atoms with E-state index in [1.807, 2.05) is 0 Å². The summed E-state index contributed by atoms with van der Waals surface area (Å²) in [7, 11) is 0. The summed E-state index contributed by atoms with van der Waals surface area (Å²) in [6.07, 6.45) is -4.80. The van der Waals surface area contributed by atoms with E-state index < -0.39 is 24.1 Å². The van der Waals surface area contributed by atoms with Crippen molar-refractivity contribution in [2.75, 3.05) is 16.0 Å². The average molecular weight is 471 g/mol. The van der Waals surface area contributed by atoms with Gasteiger partial charge < -0.3 is 15.4 Å². The lowest BCUT2D eigenvalue weighted by Crippen LogP contribution is -2.19. The maximum atomic E-state index is 12.5. The van der Waals surface area contributed by atoms with Crippen LogP contribution in [0.4, 0.5) is 34.5 Å². The molecule has 0 unspecified atom stereocenters. The molecule has 0 aliphatic heterocycles. The lowest BCUT2D eigenvalue weighted by Gasteiger charge is -2.09. The maximum Gasteiger partial charge on any atom is 0.573 e. The first-order chi connectivity index (χ1) is 14.6. The number of benzene rings is 2. The highest BCUT2D eigenvalue weighted by Gasteiger charge is 2.31. The largest absolute Gasteiger partial charge is 0.573 e. The van der Waals surface area contributed by atoms with Crippen molar-refractivity contribution in [1.29, 1.82) is 0 Å². The highest BCUT2D eigenvalue weighted by Crippen LogP contribution is 2.26. The molecule has 3 aromatic rings. The molecular formula is C19H14ClF3N4O3S. The van der Waals surface area contributed by atoms with Gasteiger partial charge in [-0.15, -0.1) is 13.2 Å². The Bertz CT molecular complexity index is 1100. The van der Waals surface area contributed by atoms with Crippen LogP contribution in [0.1, 0.15) is 15.4 Å². The molecule has 0 saturated carbocycles. The quantitative estimate of drug-likeness (QED) is 0.433. The van der Waals surface area contributed by atoms with Gasteiger partial charge in [0, 0.05) is 16.4 Å². The van der Waals surface area contributed by atoms with Crippen LogP contribution in [-0.2, 0) is 0 Å². The molecule has 3 amide bonds. The number of amides is 3. The minimum absolute atomic E-state index is 0.191. The van der Waals surface area contributed by atoms with Crippen molar-refractivity contribution < 1.29 is 27.5 Å². The Balaban J connectivity index is 1.62. The third kappa shape index (κ3) is 6.59. The van der Waals surface area contributed by atoms with Crippen molar-refractivity contribution in [3.8, 4) is 5.75 Å². The van der Waals surface area contributed by atoms with E-state index in [-0.39, 0.29) is 15.7 Å². The summed E-state index contributed by atoms with van der Waals surface area (Å²) in [4.78, 5) is 29.0. The number of carbonyl (C=O) groups excluding carboxylic acids is 2. The van der Waals surface area contributed by atoms with Crippen LogP contribution < -0.4 is 20.7 Å². The Morgan fingerprint density at radius 3 is 2.39 bits per heavy atom. The van der Waals surface area contributed by atoms with Crippen molar-refractivity contribution in [2.24, 2.45) is 0 Å². The number of aryl methyl sites for hydroxylation is 1. The molecule has 0 bridgehead atoms. The van der Waals surface area contributed by atoms with Gasteiger partial charge in [-0.25, -0.2) is 9.78 Å². The van der Waals surface area contributed by atoms with Gasteiger partial charge in [0.2, 0.25) is 0 Å². The summed E-state index contributed by atoms with van der Waals surface area (Å²) in [5, 5.41) is 8.32. The number of alkyl halides is 3. The van der Waals surface area contributed by atoms with E-state index in [2.05, 4.69) is 25.7 Å². The van der Waals surface area contributed by atoms with E-state index in [0.29, 0.717) is 16.4 Å². The molecular weight excluding hydrogens is 457 g/mol. The van der Waals surface area contributed by atoms with Gasteiger partial charge in [0.1, 0.15) is 10.6 Å². The fourth-order valence-electron chi connectivity index (χ4n) is 2.41. The van der Waals surface area contributed by atoms with Gasteiger partial charge >= 0.3 is 12.4 Å². The zero-order chi connectivity index (χ0) is 22.6. The standard InChI is InChI=1S/C19H14ClF3N4O3S/c1-10-15(16(28)25-12-5-7-14(8-6-12)30-19(21,22)23)31-18(24-10)27-17(29)26-13-4-2-3-11(20)9-13/h2-9H,1H3,(H,25,28)(H2,24,26,27,29). The molecule has 0 fully saturated rings. The van der Waals surface area contributed by atoms with Crippen molar-refractivity contribution in [3.63, 3.8) is 0 Å². The van der Waals surface area contributed by atoms with Crippen LogP contribution in [0.5, 0.6) is 5.75 Å². The fourth-order valence-corrected chi connectivity index (χ4v) is 3.46. The van der Waals surface area contributed by atoms with Gasteiger partial charge in [-0.1, -0.05) is 29.0 Å². The Kier molecular flexibility index (Phi) is 6.66. The lowest BCUT2D eigenvalue weighted by molar-refractivity contribution is -0.274. The van der Waals surface area contributed by atoms with Crippen LogP contribution in [0.15, 0.2) is 48.5 Å². The van der Waals surface area contributed by atoms with Crippen LogP contribution in [-0.4, -0.2) is 23.3 Å². The van der Waals surface area contributed by atoms with Gasteiger partial charge in [-0.2, -0.15) is 0 Å². The molecule has 3 N–H and O–H groups in total. The van der Waals surface area contributed by atoms with Crippen LogP contribution in [0.2, 0.25) is 5.02 Å². The Morgan fingerprint density at radius 2 is 1.74 bits per heavy atom. The number of urea groups is 1. The molecule has 12 heteroatoms. The number of hydrogen-bond donors (Lipinski definition) is 3. The SMILES string of the molecule is Cc1nc(NC(=O)Nc2cccc(Cl)c2)sc1C(=O)Nc1ccc(OC(F)(F)F)cc1. The molecule has 31 heavy (non-hydrogen) atoms. The minimum atomic E-state index is -4.80. The predicted molar refractivity (Wildman–Crippen MR) is 112 cm³/mol. The first-order valence-electron chi connectivity index (χ1n) is 8.57. The van der Waals surface area contributed by atoms with Crippen LogP contribution >= 0.6 is 22.9 Å². The van der Waals surface area contributed by atoms with Crippen LogP contribution in [0.3, 0.4) is 0 Å². The van der Waals surface area contributed by atoms with Crippen LogP contribution in [0.25, 0.3) is 0 Å². The molecule has 0 saturated heterocycles. The highest BCUT2D eigenvalue weighted by molar-refractivity contribution is 7.17. The Labute approximate surface area is 183 Å². The number of rotatable bonds is 5. The van der Waals surface area contributed by atoms with E-state index in [0.717, 1.165) is 23.5 Å². The number of nitrogens with zero attached hydrogens (tertiary/aromatic N) is 1. The molecule has 0 spiro atoms. The molecule has 162 valence electrons. The highest BCUT2D eigenvalue weighted by atomic mass is 35.5. The maximum absolute atomic E-state index is 12.5. The molecule has 3 rings (SSSR count). The summed E-state index contributed by atoms with van der Waals surface area (Å²) in [6.45, 7) is 1.59. The van der Waals surface area contributed by atoms with E-state index in [1.54, 1.807) is 31.2 Å². The van der Waals surface area contributed by atoms with Gasteiger partial charge in [-0.05, 0) is 49.4 Å². The number of anilines is 3. The van der Waals surface area contributed by atoms with Crippen molar-refractivity contribution >= 4 is 51.4 Å². The normalized spacial score (nSPS) is 11.0. The number of thiazole rings is 1. The summed E-state index contributed by atoms with van der Waals surface area (Å²) in [5.41, 5.74) is 1.12. The zero-order valence-corrected chi connectivity index (χ0v) is 17.3. The molecule has 1 heterocycles. The monoisotopic (exact) mass is 470 g/mol. The summed E-state index contributed by atoms with van der Waals surface area (Å²) in [6, 6.07) is 10.7. The third-order valence-corrected chi connectivity index (χ3v) is 4.96. The zero-order valence-electron chi connectivity index (χ0n) is 15.7. The minimum Gasteiger partial charge on any atom is -0.406 e. The number of ether oxygens (including phenoxy) is 1. The lowest BCUT2D eigenvalue weighted by atomic mass is 10.3. The van der Waals surface area contributed by atoms with Gasteiger partial charge in [-0.3, -0.25) is 10.1 Å². The topological polar surface area (TPSA) is 92.4 Å². The number of carbonyl (C=O) groups is 2. The second kappa shape index (κ2) is 9.23. The molecule has 0 aliphatic carbocycles. The molecule has 7 nitrogen and oxygen atoms in total. The predicted octanol–water partition coefficient (Wildman–Crippen LogP) is 5.90. The van der Waals surface area contributed by atoms with Crippen LogP contribution in [0, 0.1) is 6.92 Å². The summed E-state index contributed by atoms with van der Waals surface area (Å²) < 4.78 is 40.4. The van der Waals surface area contributed by atoms with Gasteiger partial charge in [0.15, 0.2) is 5.13 Å². The summed E-state index contributed by atoms with van der Waals surface area (Å²) >= 11 is 6.81. The Hall–Kier alpha value is -3.31. The van der Waals surface area contributed by atoms with Gasteiger partial charge in [0.25, 0.3) is 5.91 Å². The first kappa shape index (κ1) is 22.4. The second-order valence-corrected chi connectivity index (χ2v) is 7.48. The molecule has 1 aromatic heterocycles. The molecule has 0 atom stereocenters. The number of nitrogens with one attached hydrogen (secondary N) is 3. The number of halogens is 4. The molecule has 0 radical (unpaired) electrons. The molecule has 0 aliphatic rings. The van der Waals surface area contributed by atoms with E-state index in [4.69, 9.17) is 11.6 Å². The van der Waals surface area contributed by atoms with Crippen molar-refractivity contribution in [3.05, 3.63) is 64.1 Å². The van der Waals surface area contributed by atoms with Crippen molar-refractivity contribution in [1.82, 2.24) is 4.98 Å². The second-order valence-electron chi connectivity index (χ2n) is 6.05. The van der Waals surface area contributed by atoms with E-state index in [1.165, 1.54) is 12.1 Å². The van der Waals surface area contributed by atoms with Gasteiger partial charge in [0.05, 0.1) is 5.69 Å². The average Bonchev–Trinajstić information content (AvgIpc) is 3.02.